The van der Waals surface area contributed by atoms with Gasteiger partial charge in [-0.1, -0.05) is 76.6 Å². The molecule has 230 valence electrons. The second-order valence-corrected chi connectivity index (χ2v) is 9.19. The fraction of sp³-hybridized carbons (Fsp3) is 0.412. The molecule has 2 rings (SSSR count). The number of nitrogens with two attached hydrogens (primary N) is 1. The first-order chi connectivity index (χ1) is 20.2. The molecule has 42 heavy (non-hydrogen) atoms. The Balaban J connectivity index is 0.00000116. The number of halogens is 2. The molecule has 0 saturated heterocycles. The summed E-state index contributed by atoms with van der Waals surface area (Å²) >= 11 is 0. The van der Waals surface area contributed by atoms with Crippen LogP contribution >= 0.6 is 0 Å². The van der Waals surface area contributed by atoms with Gasteiger partial charge in [-0.15, -0.1) is 0 Å². The van der Waals surface area contributed by atoms with Crippen LogP contribution in [0.25, 0.3) is 0 Å². The molecular weight excluding hydrogens is 536 g/mol. The third-order valence-corrected chi connectivity index (χ3v) is 5.84. The first kappa shape index (κ1) is 38.1. The van der Waals surface area contributed by atoms with Crippen molar-refractivity contribution in [2.75, 3.05) is 0 Å². The summed E-state index contributed by atoms with van der Waals surface area (Å²) in [7, 11) is 0. The number of unbranched alkanes of at least 4 members (excludes halogenated alkanes) is 2. The second kappa shape index (κ2) is 23.7. The standard InChI is InChI=1S/C22H27F2N3O3.C10H14.C2H6/c1-2-3-8-16(9-7-11-23)15-27-20-14-18(24)17(22(25)30)13-19(20)26-12-6-4-5-10-21(28)29;1-3-6-10-8-5-4-7-9(10)2;1-2/h3,7-8,11-16H,2,4-6,9-10H2,1H3,(H2,25,30)(H,28,29);4-5,7-8H,3,6H2,1-2H3;1-2H3/b8-3-,11-7+,26-12?,27-15?;;. The first-order valence-corrected chi connectivity index (χ1v) is 14.6. The highest BCUT2D eigenvalue weighted by atomic mass is 19.1. The Labute approximate surface area is 250 Å². The van der Waals surface area contributed by atoms with Crippen molar-refractivity contribution in [1.82, 2.24) is 0 Å². The number of carboxylic acid groups (broad SMARTS) is 1. The Morgan fingerprint density at radius 3 is 2.33 bits per heavy atom. The lowest BCUT2D eigenvalue weighted by molar-refractivity contribution is -0.137. The van der Waals surface area contributed by atoms with Crippen LogP contribution in [-0.4, -0.2) is 29.4 Å². The van der Waals surface area contributed by atoms with E-state index in [1.807, 2.05) is 32.9 Å². The molecule has 0 radical (unpaired) electrons. The number of hydrogen-bond acceptors (Lipinski definition) is 4. The lowest BCUT2D eigenvalue weighted by Crippen LogP contribution is -2.12. The molecule has 2 aromatic rings. The summed E-state index contributed by atoms with van der Waals surface area (Å²) in [6.07, 6.45) is 14.1. The molecule has 0 aliphatic carbocycles. The number of allylic oxidation sites excluding steroid dienone is 3. The SMILES string of the molecule is CC.CC/C=C\C(C=Nc1cc(F)c(C(N)=O)cc1N=CCCCCC(=O)O)C/C=C/F.CCCc1ccccc1C. The zero-order valence-corrected chi connectivity index (χ0v) is 25.7. The predicted octanol–water partition coefficient (Wildman–Crippen LogP) is 9.40. The smallest absolute Gasteiger partial charge is 0.303 e. The Kier molecular flexibility index (Phi) is 21.5. The maximum Gasteiger partial charge on any atom is 0.303 e. The Morgan fingerprint density at radius 1 is 1.05 bits per heavy atom. The van der Waals surface area contributed by atoms with Crippen molar-refractivity contribution in [3.05, 3.63) is 83.5 Å². The Bertz CT molecular complexity index is 1190. The molecule has 0 spiro atoms. The van der Waals surface area contributed by atoms with Crippen LogP contribution in [0.2, 0.25) is 0 Å². The van der Waals surface area contributed by atoms with Gasteiger partial charge in [-0.2, -0.15) is 0 Å². The zero-order chi connectivity index (χ0) is 31.8. The van der Waals surface area contributed by atoms with E-state index in [0.717, 1.165) is 12.5 Å². The number of carboxylic acids is 1. The molecule has 2 aromatic carbocycles. The third-order valence-electron chi connectivity index (χ3n) is 5.84. The normalized spacial score (nSPS) is 11.9. The number of amides is 1. The molecule has 0 aliphatic heterocycles. The van der Waals surface area contributed by atoms with Crippen molar-refractivity contribution in [1.29, 1.82) is 0 Å². The summed E-state index contributed by atoms with van der Waals surface area (Å²) in [4.78, 5) is 30.5. The van der Waals surface area contributed by atoms with E-state index in [1.165, 1.54) is 36.1 Å². The van der Waals surface area contributed by atoms with Crippen LogP contribution in [0, 0.1) is 18.7 Å². The number of carbonyl (C=O) groups is 2. The summed E-state index contributed by atoms with van der Waals surface area (Å²) in [6, 6.07) is 10.9. The van der Waals surface area contributed by atoms with Crippen LogP contribution in [0.5, 0.6) is 0 Å². The molecule has 1 atom stereocenters. The summed E-state index contributed by atoms with van der Waals surface area (Å²) in [5, 5.41) is 8.65. The molecule has 0 fully saturated rings. The van der Waals surface area contributed by atoms with E-state index in [-0.39, 0.29) is 29.3 Å². The van der Waals surface area contributed by atoms with Gasteiger partial charge in [0, 0.05) is 30.8 Å². The molecule has 0 saturated carbocycles. The van der Waals surface area contributed by atoms with Gasteiger partial charge in [0.25, 0.3) is 5.91 Å². The quantitative estimate of drug-likeness (QED) is 0.124. The van der Waals surface area contributed by atoms with Crippen LogP contribution in [0.15, 0.2) is 70.9 Å². The van der Waals surface area contributed by atoms with E-state index in [4.69, 9.17) is 10.8 Å². The Morgan fingerprint density at radius 2 is 1.74 bits per heavy atom. The average Bonchev–Trinajstić information content (AvgIpc) is 2.97. The molecule has 0 aromatic heterocycles. The first-order valence-electron chi connectivity index (χ1n) is 14.6. The number of aliphatic carboxylic acids is 1. The minimum absolute atomic E-state index is 0.0751. The van der Waals surface area contributed by atoms with Crippen LogP contribution < -0.4 is 5.73 Å². The highest BCUT2D eigenvalue weighted by Crippen LogP contribution is 2.31. The molecule has 0 bridgehead atoms. The topological polar surface area (TPSA) is 105 Å². The fourth-order valence-electron chi connectivity index (χ4n) is 3.67. The number of primary amides is 1. The predicted molar refractivity (Wildman–Crippen MR) is 172 cm³/mol. The van der Waals surface area contributed by atoms with Crippen LogP contribution in [0.4, 0.5) is 20.2 Å². The van der Waals surface area contributed by atoms with Crippen LogP contribution in [0.3, 0.4) is 0 Å². The van der Waals surface area contributed by atoms with Gasteiger partial charge in [-0.25, -0.2) is 8.78 Å². The summed E-state index contributed by atoms with van der Waals surface area (Å²) in [5.74, 6) is -2.77. The zero-order valence-electron chi connectivity index (χ0n) is 25.7. The van der Waals surface area contributed by atoms with Gasteiger partial charge in [-0.3, -0.25) is 19.6 Å². The van der Waals surface area contributed by atoms with Crippen molar-refractivity contribution in [3.63, 3.8) is 0 Å². The van der Waals surface area contributed by atoms with E-state index in [2.05, 4.69) is 48.1 Å². The van der Waals surface area contributed by atoms with E-state index >= 15 is 0 Å². The highest BCUT2D eigenvalue weighted by Gasteiger charge is 2.13. The van der Waals surface area contributed by atoms with Crippen molar-refractivity contribution >= 4 is 35.7 Å². The lowest BCUT2D eigenvalue weighted by atomic mass is 10.1. The minimum Gasteiger partial charge on any atom is -0.481 e. The van der Waals surface area contributed by atoms with Crippen molar-refractivity contribution in [3.8, 4) is 0 Å². The molecule has 3 N–H and O–H groups in total. The van der Waals surface area contributed by atoms with Gasteiger partial charge < -0.3 is 10.8 Å². The van der Waals surface area contributed by atoms with Gasteiger partial charge in [-0.05, 0) is 62.6 Å². The van der Waals surface area contributed by atoms with E-state index < -0.39 is 17.7 Å². The number of aliphatic imine (C=N–C) groups is 2. The van der Waals surface area contributed by atoms with Gasteiger partial charge in [0.05, 0.1) is 23.3 Å². The molecule has 6 nitrogen and oxygen atoms in total. The van der Waals surface area contributed by atoms with E-state index in [1.54, 1.807) is 12.4 Å². The number of nitrogens with zero attached hydrogens (tertiary/aromatic N) is 2. The highest BCUT2D eigenvalue weighted by molar-refractivity contribution is 5.95. The van der Waals surface area contributed by atoms with Crippen molar-refractivity contribution in [2.24, 2.45) is 21.6 Å². The number of rotatable bonds is 15. The fourth-order valence-corrected chi connectivity index (χ4v) is 3.67. The molecule has 8 heteroatoms. The summed E-state index contributed by atoms with van der Waals surface area (Å²) in [5.41, 5.74) is 8.30. The summed E-state index contributed by atoms with van der Waals surface area (Å²) in [6.45, 7) is 10.4. The molecule has 1 unspecified atom stereocenters. The average molecular weight is 584 g/mol. The number of aryl methyl sites for hydroxylation is 2. The van der Waals surface area contributed by atoms with Gasteiger partial charge >= 0.3 is 5.97 Å². The molecule has 0 aliphatic rings. The maximum absolute atomic E-state index is 14.2. The minimum atomic E-state index is -0.919. The maximum atomic E-state index is 14.2. The monoisotopic (exact) mass is 583 g/mol. The van der Waals surface area contributed by atoms with Crippen molar-refractivity contribution < 1.29 is 23.5 Å². The Hall–Kier alpha value is -3.94. The van der Waals surface area contributed by atoms with Gasteiger partial charge in [0.15, 0.2) is 0 Å². The van der Waals surface area contributed by atoms with Crippen LogP contribution in [0.1, 0.15) is 94.1 Å². The summed E-state index contributed by atoms with van der Waals surface area (Å²) < 4.78 is 26.6. The molecule has 1 amide bonds. The third kappa shape index (κ3) is 16.4. The van der Waals surface area contributed by atoms with Gasteiger partial charge in [0.2, 0.25) is 0 Å². The number of benzene rings is 2. The largest absolute Gasteiger partial charge is 0.481 e. The van der Waals surface area contributed by atoms with Crippen molar-refractivity contribution in [2.45, 2.75) is 86.0 Å². The van der Waals surface area contributed by atoms with Gasteiger partial charge in [0.1, 0.15) is 5.82 Å². The molecule has 0 heterocycles. The molecular formula is C34H47F2N3O3. The van der Waals surface area contributed by atoms with E-state index in [9.17, 15) is 18.4 Å². The van der Waals surface area contributed by atoms with Crippen LogP contribution in [-0.2, 0) is 11.2 Å². The number of hydrogen-bond donors (Lipinski definition) is 2. The van der Waals surface area contributed by atoms with E-state index in [0.29, 0.717) is 32.0 Å². The number of carbonyl (C=O) groups excluding carboxylic acids is 1. The second-order valence-electron chi connectivity index (χ2n) is 9.19. The lowest BCUT2D eigenvalue weighted by Gasteiger charge is -2.07.